The Hall–Kier alpha value is -3.44. The van der Waals surface area contributed by atoms with Gasteiger partial charge in [-0.1, -0.05) is 6.07 Å². The molecule has 36 heavy (non-hydrogen) atoms. The molecule has 1 aromatic carbocycles. The first-order valence-electron chi connectivity index (χ1n) is 12.4. The molecule has 3 fully saturated rings. The fourth-order valence-electron chi connectivity index (χ4n) is 5.36. The first kappa shape index (κ1) is 24.3. The summed E-state index contributed by atoms with van der Waals surface area (Å²) in [6.07, 6.45) is 7.23. The summed E-state index contributed by atoms with van der Waals surface area (Å²) in [4.78, 5) is 49.4. The number of nitrogens with one attached hydrogen (secondary N) is 3. The lowest BCUT2D eigenvalue weighted by Crippen LogP contribution is -2.67. The lowest BCUT2D eigenvalue weighted by Gasteiger charge is -2.41. The van der Waals surface area contributed by atoms with E-state index >= 15 is 0 Å². The Morgan fingerprint density at radius 3 is 2.56 bits per heavy atom. The highest BCUT2D eigenvalue weighted by Gasteiger charge is 2.40. The summed E-state index contributed by atoms with van der Waals surface area (Å²) in [5.74, 6) is -1.24. The van der Waals surface area contributed by atoms with Gasteiger partial charge in [-0.05, 0) is 49.9 Å². The van der Waals surface area contributed by atoms with Crippen LogP contribution in [0.1, 0.15) is 45.5 Å². The van der Waals surface area contributed by atoms with Crippen molar-refractivity contribution in [2.24, 2.45) is 5.92 Å². The molecule has 3 amide bonds. The topological polar surface area (TPSA) is 120 Å². The molecule has 3 aliphatic rings. The lowest BCUT2D eigenvalue weighted by atomic mass is 9.82. The van der Waals surface area contributed by atoms with Crippen molar-refractivity contribution in [2.75, 3.05) is 32.7 Å². The second kappa shape index (κ2) is 10.7. The van der Waals surface area contributed by atoms with Crippen molar-refractivity contribution in [3.05, 3.63) is 59.4 Å². The van der Waals surface area contributed by atoms with Crippen LogP contribution in [0.2, 0.25) is 0 Å². The predicted molar refractivity (Wildman–Crippen MR) is 128 cm³/mol. The fraction of sp³-hybridized carbons (Fsp3) is 0.480. The molecule has 3 saturated heterocycles. The Morgan fingerprint density at radius 2 is 1.78 bits per heavy atom. The van der Waals surface area contributed by atoms with Gasteiger partial charge in [-0.15, -0.1) is 0 Å². The Labute approximate surface area is 208 Å². The molecule has 3 atom stereocenters. The smallest absolute Gasteiger partial charge is 0.257 e. The van der Waals surface area contributed by atoms with Gasteiger partial charge in [0.2, 0.25) is 5.91 Å². The van der Waals surface area contributed by atoms with Crippen LogP contribution < -0.4 is 16.2 Å². The molecule has 3 aliphatic heterocycles. The van der Waals surface area contributed by atoms with Crippen LogP contribution in [0.25, 0.3) is 0 Å². The SMILES string of the molecule is O=C1NNC(Cc2ccc(F)c(C(=O)N3CCCN(C(=O)c4cncnc4)CC3)c2)C2NCCCC12. The number of hydrogen-bond acceptors (Lipinski definition) is 7. The summed E-state index contributed by atoms with van der Waals surface area (Å²) in [6, 6.07) is 4.55. The molecule has 190 valence electrons. The summed E-state index contributed by atoms with van der Waals surface area (Å²) in [5.41, 5.74) is 7.09. The number of halogens is 1. The molecule has 0 radical (unpaired) electrons. The molecule has 0 aliphatic carbocycles. The van der Waals surface area contributed by atoms with Crippen molar-refractivity contribution < 1.29 is 18.8 Å². The fourth-order valence-corrected chi connectivity index (χ4v) is 5.36. The summed E-state index contributed by atoms with van der Waals surface area (Å²) in [5, 5.41) is 3.44. The van der Waals surface area contributed by atoms with E-state index < -0.39 is 5.82 Å². The Kier molecular flexibility index (Phi) is 7.19. The van der Waals surface area contributed by atoms with E-state index in [9.17, 15) is 18.8 Å². The van der Waals surface area contributed by atoms with Gasteiger partial charge in [0.25, 0.3) is 11.8 Å². The van der Waals surface area contributed by atoms with Gasteiger partial charge in [0, 0.05) is 50.7 Å². The number of fused-ring (bicyclic) bond motifs is 1. The molecule has 2 aromatic rings. The first-order valence-corrected chi connectivity index (χ1v) is 12.4. The monoisotopic (exact) mass is 495 g/mol. The zero-order chi connectivity index (χ0) is 25.1. The van der Waals surface area contributed by atoms with Gasteiger partial charge >= 0.3 is 0 Å². The Bertz CT molecular complexity index is 1130. The predicted octanol–water partition coefficient (Wildman–Crippen LogP) is 0.518. The number of hydrogen-bond donors (Lipinski definition) is 3. The number of piperidine rings is 1. The number of amides is 3. The Morgan fingerprint density at radius 1 is 1.03 bits per heavy atom. The highest BCUT2D eigenvalue weighted by molar-refractivity contribution is 5.95. The number of aromatic nitrogens is 2. The largest absolute Gasteiger partial charge is 0.337 e. The van der Waals surface area contributed by atoms with Gasteiger partial charge in [0.1, 0.15) is 12.1 Å². The second-order valence-corrected chi connectivity index (χ2v) is 9.55. The van der Waals surface area contributed by atoms with Crippen LogP contribution in [-0.2, 0) is 11.2 Å². The Balaban J connectivity index is 1.26. The first-order chi connectivity index (χ1) is 17.5. The molecule has 3 N–H and O–H groups in total. The minimum absolute atomic E-state index is 0.00750. The van der Waals surface area contributed by atoms with Crippen LogP contribution in [-0.4, -0.2) is 82.3 Å². The molecule has 1 aromatic heterocycles. The number of carbonyl (C=O) groups excluding carboxylic acids is 3. The average Bonchev–Trinajstić information content (AvgIpc) is 3.18. The molecule has 5 rings (SSSR count). The number of carbonyl (C=O) groups is 3. The third kappa shape index (κ3) is 5.07. The highest BCUT2D eigenvalue weighted by atomic mass is 19.1. The maximum atomic E-state index is 14.8. The van der Waals surface area contributed by atoms with E-state index in [-0.39, 0.29) is 41.3 Å². The van der Waals surface area contributed by atoms with E-state index in [0.29, 0.717) is 44.6 Å². The molecule has 0 spiro atoms. The quantitative estimate of drug-likeness (QED) is 0.566. The van der Waals surface area contributed by atoms with E-state index in [1.807, 2.05) is 0 Å². The van der Waals surface area contributed by atoms with E-state index in [0.717, 1.165) is 24.9 Å². The van der Waals surface area contributed by atoms with Crippen LogP contribution in [0.5, 0.6) is 0 Å². The van der Waals surface area contributed by atoms with Crippen LogP contribution in [0.4, 0.5) is 4.39 Å². The van der Waals surface area contributed by atoms with Gasteiger partial charge in [0.15, 0.2) is 0 Å². The van der Waals surface area contributed by atoms with Crippen molar-refractivity contribution in [2.45, 2.75) is 37.8 Å². The van der Waals surface area contributed by atoms with Gasteiger partial charge < -0.3 is 15.1 Å². The van der Waals surface area contributed by atoms with Crippen LogP contribution in [0, 0.1) is 11.7 Å². The zero-order valence-electron chi connectivity index (χ0n) is 20.0. The normalized spacial score (nSPS) is 24.5. The van der Waals surface area contributed by atoms with Crippen molar-refractivity contribution in [3.63, 3.8) is 0 Å². The second-order valence-electron chi connectivity index (χ2n) is 9.55. The summed E-state index contributed by atoms with van der Waals surface area (Å²) < 4.78 is 14.8. The van der Waals surface area contributed by atoms with Crippen molar-refractivity contribution in [1.29, 1.82) is 0 Å². The average molecular weight is 496 g/mol. The van der Waals surface area contributed by atoms with Crippen molar-refractivity contribution in [3.8, 4) is 0 Å². The third-order valence-corrected chi connectivity index (χ3v) is 7.25. The standard InChI is InChI=1S/C25H30FN7O3/c26-20-5-4-16(12-21-22-18(3-1-6-29-22)23(34)31-30-21)11-19(20)25(36)33-8-2-7-32(9-10-33)24(35)17-13-27-15-28-14-17/h4-5,11,13-15,18,21-22,29-30H,1-3,6-10,12H2,(H,31,34). The number of benzene rings is 1. The van der Waals surface area contributed by atoms with Gasteiger partial charge in [-0.2, -0.15) is 0 Å². The van der Waals surface area contributed by atoms with Crippen LogP contribution in [0.15, 0.2) is 36.9 Å². The van der Waals surface area contributed by atoms with Gasteiger partial charge in [0.05, 0.1) is 17.0 Å². The minimum atomic E-state index is -0.569. The summed E-state index contributed by atoms with van der Waals surface area (Å²) in [7, 11) is 0. The van der Waals surface area contributed by atoms with E-state index in [1.54, 1.807) is 21.9 Å². The zero-order valence-corrected chi connectivity index (χ0v) is 20.0. The maximum Gasteiger partial charge on any atom is 0.257 e. The minimum Gasteiger partial charge on any atom is -0.337 e. The van der Waals surface area contributed by atoms with Gasteiger partial charge in [-0.25, -0.2) is 19.8 Å². The van der Waals surface area contributed by atoms with Crippen LogP contribution in [0.3, 0.4) is 0 Å². The summed E-state index contributed by atoms with van der Waals surface area (Å²) >= 11 is 0. The highest BCUT2D eigenvalue weighted by Crippen LogP contribution is 2.24. The molecule has 3 unspecified atom stereocenters. The van der Waals surface area contributed by atoms with Crippen LogP contribution >= 0.6 is 0 Å². The number of nitrogens with zero attached hydrogens (tertiary/aromatic N) is 4. The molecule has 4 heterocycles. The molecule has 0 saturated carbocycles. The molecular weight excluding hydrogens is 465 g/mol. The molecule has 10 nitrogen and oxygen atoms in total. The van der Waals surface area contributed by atoms with E-state index in [4.69, 9.17) is 0 Å². The van der Waals surface area contributed by atoms with Gasteiger partial charge in [-0.3, -0.25) is 19.8 Å². The van der Waals surface area contributed by atoms with Crippen molar-refractivity contribution in [1.82, 2.24) is 35.9 Å². The van der Waals surface area contributed by atoms with E-state index in [1.165, 1.54) is 24.8 Å². The van der Waals surface area contributed by atoms with E-state index in [2.05, 4.69) is 26.1 Å². The van der Waals surface area contributed by atoms with Crippen molar-refractivity contribution >= 4 is 17.7 Å². The lowest BCUT2D eigenvalue weighted by molar-refractivity contribution is -0.131. The molecule has 11 heteroatoms. The number of hydrazine groups is 1. The molecular formula is C25H30FN7O3. The summed E-state index contributed by atoms with van der Waals surface area (Å²) in [6.45, 7) is 2.44. The number of rotatable bonds is 4. The molecule has 0 bridgehead atoms. The third-order valence-electron chi connectivity index (χ3n) is 7.25. The maximum absolute atomic E-state index is 14.8.